The van der Waals surface area contributed by atoms with E-state index in [2.05, 4.69) is 25.9 Å². The molecule has 1 fully saturated rings. The molecular formula is C12H17N5S. The van der Waals surface area contributed by atoms with Gasteiger partial charge in [-0.3, -0.25) is 0 Å². The van der Waals surface area contributed by atoms with Gasteiger partial charge in [-0.25, -0.2) is 4.98 Å². The fourth-order valence-corrected chi connectivity index (χ4v) is 3.03. The number of thiazole rings is 1. The average molecular weight is 263 g/mol. The van der Waals surface area contributed by atoms with Crippen molar-refractivity contribution < 1.29 is 0 Å². The van der Waals surface area contributed by atoms with Crippen LogP contribution in [0.4, 0.5) is 0 Å². The molecule has 0 unspecified atom stereocenters. The normalized spacial score (nSPS) is 17.0. The van der Waals surface area contributed by atoms with Gasteiger partial charge in [0.25, 0.3) is 0 Å². The van der Waals surface area contributed by atoms with Crippen LogP contribution in [0, 0.1) is 12.8 Å². The molecule has 1 atom stereocenters. The maximum absolute atomic E-state index is 4.61. The number of aromatic nitrogens is 4. The molecule has 1 N–H and O–H groups in total. The second-order valence-electron chi connectivity index (χ2n) is 4.88. The summed E-state index contributed by atoms with van der Waals surface area (Å²) < 4.78 is 1.95. The Morgan fingerprint density at radius 1 is 1.56 bits per heavy atom. The number of nitrogens with one attached hydrogen (secondary N) is 1. The molecule has 0 spiro atoms. The summed E-state index contributed by atoms with van der Waals surface area (Å²) in [7, 11) is 1.97. The summed E-state index contributed by atoms with van der Waals surface area (Å²) in [5.74, 6) is 1.71. The fourth-order valence-electron chi connectivity index (χ4n) is 2.07. The minimum Gasteiger partial charge on any atom is -0.320 e. The van der Waals surface area contributed by atoms with Crippen molar-refractivity contribution in [1.82, 2.24) is 25.1 Å². The van der Waals surface area contributed by atoms with Crippen LogP contribution >= 0.6 is 11.3 Å². The van der Waals surface area contributed by atoms with Gasteiger partial charge in [-0.15, -0.1) is 21.5 Å². The zero-order valence-corrected chi connectivity index (χ0v) is 11.4. The second-order valence-corrected chi connectivity index (χ2v) is 5.77. The molecule has 18 heavy (non-hydrogen) atoms. The monoisotopic (exact) mass is 263 g/mol. The molecule has 0 saturated heterocycles. The molecule has 0 amide bonds. The van der Waals surface area contributed by atoms with Crippen LogP contribution in [-0.4, -0.2) is 19.7 Å². The molecule has 6 heteroatoms. The Morgan fingerprint density at radius 3 is 2.94 bits per heavy atom. The largest absolute Gasteiger partial charge is 0.320 e. The molecule has 2 aromatic heterocycles. The van der Waals surface area contributed by atoms with Gasteiger partial charge in [0.1, 0.15) is 17.2 Å². The summed E-state index contributed by atoms with van der Waals surface area (Å²) in [6, 6.07) is 0.375. The summed E-state index contributed by atoms with van der Waals surface area (Å²) in [5, 5.41) is 14.9. The van der Waals surface area contributed by atoms with Crippen molar-refractivity contribution in [3.05, 3.63) is 28.2 Å². The summed E-state index contributed by atoms with van der Waals surface area (Å²) in [4.78, 5) is 4.61. The van der Waals surface area contributed by atoms with E-state index in [9.17, 15) is 0 Å². The zero-order chi connectivity index (χ0) is 12.5. The molecule has 5 nitrogen and oxygen atoms in total. The minimum absolute atomic E-state index is 0.375. The van der Waals surface area contributed by atoms with Crippen LogP contribution in [-0.2, 0) is 13.6 Å². The van der Waals surface area contributed by atoms with Gasteiger partial charge in [0, 0.05) is 18.1 Å². The lowest BCUT2D eigenvalue weighted by molar-refractivity contribution is 0.465. The standard InChI is InChI=1S/C12H17N5S/c1-8-6-18-12(15-8)11(9-3-4-9)13-5-10-16-14-7-17(10)2/h6-7,9,11,13H,3-5H2,1-2H3/t11-/m1/s1. The van der Waals surface area contributed by atoms with Crippen LogP contribution in [0.5, 0.6) is 0 Å². The fraction of sp³-hybridized carbons (Fsp3) is 0.583. The van der Waals surface area contributed by atoms with Crippen molar-refractivity contribution in [2.45, 2.75) is 32.4 Å². The molecule has 0 radical (unpaired) electrons. The number of nitrogens with zero attached hydrogens (tertiary/aromatic N) is 4. The van der Waals surface area contributed by atoms with E-state index in [1.54, 1.807) is 17.7 Å². The topological polar surface area (TPSA) is 55.6 Å². The predicted octanol–water partition coefficient (Wildman–Crippen LogP) is 1.82. The van der Waals surface area contributed by atoms with Crippen LogP contribution in [0.2, 0.25) is 0 Å². The average Bonchev–Trinajstić information content (AvgIpc) is 2.97. The highest BCUT2D eigenvalue weighted by atomic mass is 32.1. The molecule has 96 valence electrons. The summed E-state index contributed by atoms with van der Waals surface area (Å²) in [5.41, 5.74) is 1.11. The Kier molecular flexibility index (Phi) is 3.13. The third-order valence-corrected chi connectivity index (χ3v) is 4.33. The van der Waals surface area contributed by atoms with E-state index in [0.717, 1.165) is 24.0 Å². The van der Waals surface area contributed by atoms with Crippen molar-refractivity contribution >= 4 is 11.3 Å². The Bertz CT molecular complexity index is 528. The van der Waals surface area contributed by atoms with Gasteiger partial charge < -0.3 is 9.88 Å². The van der Waals surface area contributed by atoms with Gasteiger partial charge in [-0.05, 0) is 25.7 Å². The highest BCUT2D eigenvalue weighted by molar-refractivity contribution is 7.09. The third-order valence-electron chi connectivity index (χ3n) is 3.28. The first-order valence-electron chi connectivity index (χ1n) is 6.22. The lowest BCUT2D eigenvalue weighted by atomic mass is 10.2. The zero-order valence-electron chi connectivity index (χ0n) is 10.6. The van der Waals surface area contributed by atoms with Gasteiger partial charge >= 0.3 is 0 Å². The first-order valence-corrected chi connectivity index (χ1v) is 7.10. The molecule has 3 rings (SSSR count). The summed E-state index contributed by atoms with van der Waals surface area (Å²) >= 11 is 1.75. The van der Waals surface area contributed by atoms with Crippen LogP contribution in [0.25, 0.3) is 0 Å². The van der Waals surface area contributed by atoms with Crippen molar-refractivity contribution in [3.63, 3.8) is 0 Å². The maximum Gasteiger partial charge on any atom is 0.146 e. The molecular weight excluding hydrogens is 246 g/mol. The van der Waals surface area contributed by atoms with E-state index in [1.807, 2.05) is 18.5 Å². The van der Waals surface area contributed by atoms with Crippen LogP contribution in [0.3, 0.4) is 0 Å². The van der Waals surface area contributed by atoms with E-state index >= 15 is 0 Å². The molecule has 1 aliphatic carbocycles. The molecule has 0 aliphatic heterocycles. The van der Waals surface area contributed by atoms with Crippen molar-refractivity contribution in [3.8, 4) is 0 Å². The lowest BCUT2D eigenvalue weighted by Crippen LogP contribution is -2.24. The van der Waals surface area contributed by atoms with E-state index < -0.39 is 0 Å². The minimum atomic E-state index is 0.375. The Hall–Kier alpha value is -1.27. The molecule has 0 aromatic carbocycles. The van der Waals surface area contributed by atoms with Gasteiger partial charge in [-0.2, -0.15) is 0 Å². The Labute approximate surface area is 110 Å². The van der Waals surface area contributed by atoms with Crippen molar-refractivity contribution in [2.24, 2.45) is 13.0 Å². The molecule has 1 aliphatic rings. The summed E-state index contributed by atoms with van der Waals surface area (Å²) in [6.07, 6.45) is 4.33. The molecule has 0 bridgehead atoms. The molecule has 2 aromatic rings. The van der Waals surface area contributed by atoms with Gasteiger partial charge in [0.05, 0.1) is 12.6 Å². The number of hydrogen-bond acceptors (Lipinski definition) is 5. The van der Waals surface area contributed by atoms with Crippen LogP contribution < -0.4 is 5.32 Å². The molecule has 2 heterocycles. The maximum atomic E-state index is 4.61. The smallest absolute Gasteiger partial charge is 0.146 e. The van der Waals surface area contributed by atoms with Crippen molar-refractivity contribution in [2.75, 3.05) is 0 Å². The van der Waals surface area contributed by atoms with Crippen molar-refractivity contribution in [1.29, 1.82) is 0 Å². The third kappa shape index (κ3) is 2.44. The lowest BCUT2D eigenvalue weighted by Gasteiger charge is -2.15. The highest BCUT2D eigenvalue weighted by Crippen LogP contribution is 2.41. The SMILES string of the molecule is Cc1csc([C@H](NCc2nncn2C)C2CC2)n1. The first kappa shape index (κ1) is 11.8. The Morgan fingerprint density at radius 2 is 2.39 bits per heavy atom. The van der Waals surface area contributed by atoms with E-state index in [-0.39, 0.29) is 0 Å². The predicted molar refractivity (Wildman–Crippen MR) is 70.2 cm³/mol. The van der Waals surface area contributed by atoms with E-state index in [1.165, 1.54) is 17.8 Å². The molecule has 1 saturated carbocycles. The summed E-state index contributed by atoms with van der Waals surface area (Å²) in [6.45, 7) is 2.79. The van der Waals surface area contributed by atoms with Gasteiger partial charge in [0.15, 0.2) is 0 Å². The Balaban J connectivity index is 1.70. The van der Waals surface area contributed by atoms with Gasteiger partial charge in [0.2, 0.25) is 0 Å². The van der Waals surface area contributed by atoms with Crippen LogP contribution in [0.1, 0.15) is 35.4 Å². The number of hydrogen-bond donors (Lipinski definition) is 1. The first-order chi connectivity index (χ1) is 8.74. The van der Waals surface area contributed by atoms with Gasteiger partial charge in [-0.1, -0.05) is 0 Å². The number of rotatable bonds is 5. The number of aryl methyl sites for hydroxylation is 2. The van der Waals surface area contributed by atoms with E-state index in [0.29, 0.717) is 6.04 Å². The quantitative estimate of drug-likeness (QED) is 0.894. The van der Waals surface area contributed by atoms with Crippen LogP contribution in [0.15, 0.2) is 11.7 Å². The second kappa shape index (κ2) is 4.78. The van der Waals surface area contributed by atoms with E-state index in [4.69, 9.17) is 0 Å². The highest BCUT2D eigenvalue weighted by Gasteiger charge is 2.33.